The smallest absolute Gasteiger partial charge is 0.415 e. The molecule has 0 unspecified atom stereocenters. The predicted molar refractivity (Wildman–Crippen MR) is 85.4 cm³/mol. The summed E-state index contributed by atoms with van der Waals surface area (Å²) in [5.74, 6) is 0. The SMILES string of the molecule is CCCCCCCNC(=O)NC(=O)OCCCCCCC. The first-order chi connectivity index (χ1) is 10.2. The zero-order chi connectivity index (χ0) is 15.8. The maximum atomic E-state index is 11.4. The second-order valence-electron chi connectivity index (χ2n) is 5.35. The van der Waals surface area contributed by atoms with Gasteiger partial charge >= 0.3 is 12.1 Å². The molecule has 0 saturated heterocycles. The lowest BCUT2D eigenvalue weighted by Crippen LogP contribution is -2.40. The standard InChI is InChI=1S/C16H32N2O3/c1-3-5-7-9-11-13-17-15(19)18-16(20)21-14-12-10-8-6-4-2/h3-14H2,1-2H3,(H2,17,18,19,20). The van der Waals surface area contributed by atoms with Gasteiger partial charge in [-0.05, 0) is 12.8 Å². The Bertz CT molecular complexity index is 244. The summed E-state index contributed by atoms with van der Waals surface area (Å²) in [5.41, 5.74) is 0. The Balaban J connectivity index is 3.38. The Labute approximate surface area is 129 Å². The molecule has 21 heavy (non-hydrogen) atoms. The average Bonchev–Trinajstić information content (AvgIpc) is 2.46. The van der Waals surface area contributed by atoms with Crippen molar-refractivity contribution < 1.29 is 14.3 Å². The maximum absolute atomic E-state index is 11.4. The minimum Gasteiger partial charge on any atom is -0.449 e. The normalized spacial score (nSPS) is 10.2. The van der Waals surface area contributed by atoms with E-state index >= 15 is 0 Å². The lowest BCUT2D eigenvalue weighted by molar-refractivity contribution is 0.144. The Kier molecular flexibility index (Phi) is 14.2. The van der Waals surface area contributed by atoms with Crippen molar-refractivity contribution in [3.05, 3.63) is 0 Å². The van der Waals surface area contributed by atoms with E-state index in [-0.39, 0.29) is 0 Å². The summed E-state index contributed by atoms with van der Waals surface area (Å²) < 4.78 is 4.94. The van der Waals surface area contributed by atoms with Crippen LogP contribution in [0.25, 0.3) is 0 Å². The van der Waals surface area contributed by atoms with Gasteiger partial charge in [-0.15, -0.1) is 0 Å². The van der Waals surface area contributed by atoms with E-state index in [9.17, 15) is 9.59 Å². The first-order valence-electron chi connectivity index (χ1n) is 8.42. The molecule has 0 heterocycles. The molecule has 0 rings (SSSR count). The van der Waals surface area contributed by atoms with E-state index < -0.39 is 12.1 Å². The van der Waals surface area contributed by atoms with Crippen molar-refractivity contribution in [2.24, 2.45) is 0 Å². The quantitative estimate of drug-likeness (QED) is 0.526. The Morgan fingerprint density at radius 3 is 2.00 bits per heavy atom. The molecule has 0 spiro atoms. The molecule has 0 aromatic heterocycles. The minimum absolute atomic E-state index is 0.375. The predicted octanol–water partition coefficient (Wildman–Crippen LogP) is 4.36. The summed E-state index contributed by atoms with van der Waals surface area (Å²) in [6.45, 7) is 5.30. The fraction of sp³-hybridized carbons (Fsp3) is 0.875. The van der Waals surface area contributed by atoms with Crippen LogP contribution in [0.15, 0.2) is 0 Å². The summed E-state index contributed by atoms with van der Waals surface area (Å²) >= 11 is 0. The van der Waals surface area contributed by atoms with Crippen LogP contribution in [-0.2, 0) is 4.74 Å². The summed E-state index contributed by atoms with van der Waals surface area (Å²) in [6, 6.07) is -0.471. The molecule has 0 bridgehead atoms. The second-order valence-corrected chi connectivity index (χ2v) is 5.35. The Hall–Kier alpha value is -1.26. The third-order valence-corrected chi connectivity index (χ3v) is 3.26. The van der Waals surface area contributed by atoms with Gasteiger partial charge in [0.25, 0.3) is 0 Å². The molecule has 0 aliphatic heterocycles. The molecule has 124 valence electrons. The first kappa shape index (κ1) is 19.7. The molecule has 0 aromatic carbocycles. The maximum Gasteiger partial charge on any atom is 0.415 e. The third kappa shape index (κ3) is 15.0. The first-order valence-corrected chi connectivity index (χ1v) is 8.42. The van der Waals surface area contributed by atoms with E-state index in [1.807, 2.05) is 0 Å². The molecule has 0 aliphatic rings. The molecule has 5 nitrogen and oxygen atoms in total. The van der Waals surface area contributed by atoms with Gasteiger partial charge in [0.1, 0.15) is 0 Å². The molecule has 0 fully saturated rings. The van der Waals surface area contributed by atoms with Gasteiger partial charge in [0.05, 0.1) is 6.61 Å². The summed E-state index contributed by atoms with van der Waals surface area (Å²) in [5, 5.41) is 4.83. The van der Waals surface area contributed by atoms with Crippen molar-refractivity contribution >= 4 is 12.1 Å². The van der Waals surface area contributed by atoms with Gasteiger partial charge in [-0.25, -0.2) is 14.9 Å². The van der Waals surface area contributed by atoms with Gasteiger partial charge in [0, 0.05) is 6.54 Å². The molecule has 2 N–H and O–H groups in total. The number of nitrogens with one attached hydrogen (secondary N) is 2. The van der Waals surface area contributed by atoms with E-state index in [4.69, 9.17) is 4.74 Å². The number of ether oxygens (including phenoxy) is 1. The molecule has 3 amide bonds. The van der Waals surface area contributed by atoms with Crippen LogP contribution >= 0.6 is 0 Å². The lowest BCUT2D eigenvalue weighted by atomic mass is 10.1. The number of carbonyl (C=O) groups excluding carboxylic acids is 2. The fourth-order valence-electron chi connectivity index (χ4n) is 1.97. The second kappa shape index (κ2) is 15.1. The molecule has 0 atom stereocenters. The summed E-state index contributed by atoms with van der Waals surface area (Å²) in [6.07, 6.45) is 10.5. The van der Waals surface area contributed by atoms with Crippen molar-refractivity contribution in [2.45, 2.75) is 78.1 Å². The van der Waals surface area contributed by atoms with E-state index in [1.54, 1.807) is 0 Å². The van der Waals surface area contributed by atoms with E-state index in [0.29, 0.717) is 13.2 Å². The third-order valence-electron chi connectivity index (χ3n) is 3.26. The van der Waals surface area contributed by atoms with Gasteiger partial charge in [-0.2, -0.15) is 0 Å². The van der Waals surface area contributed by atoms with Crippen molar-refractivity contribution in [1.82, 2.24) is 10.6 Å². The number of hydrogen-bond donors (Lipinski definition) is 2. The number of imide groups is 1. The van der Waals surface area contributed by atoms with Crippen LogP contribution in [0, 0.1) is 0 Å². The Morgan fingerprint density at radius 2 is 1.38 bits per heavy atom. The highest BCUT2D eigenvalue weighted by molar-refractivity contribution is 5.90. The Morgan fingerprint density at radius 1 is 0.810 bits per heavy atom. The van der Waals surface area contributed by atoms with Crippen molar-refractivity contribution in [2.75, 3.05) is 13.2 Å². The van der Waals surface area contributed by atoms with E-state index in [0.717, 1.165) is 25.7 Å². The number of hydrogen-bond acceptors (Lipinski definition) is 3. The molecule has 0 aliphatic carbocycles. The van der Waals surface area contributed by atoms with Crippen LogP contribution in [0.4, 0.5) is 9.59 Å². The van der Waals surface area contributed by atoms with Crippen LogP contribution in [0.3, 0.4) is 0 Å². The highest BCUT2D eigenvalue weighted by Gasteiger charge is 2.07. The molecular weight excluding hydrogens is 268 g/mol. The van der Waals surface area contributed by atoms with Crippen molar-refractivity contribution in [3.63, 3.8) is 0 Å². The number of amides is 3. The van der Waals surface area contributed by atoms with Crippen LogP contribution in [-0.4, -0.2) is 25.3 Å². The minimum atomic E-state index is -0.658. The van der Waals surface area contributed by atoms with E-state index in [1.165, 1.54) is 38.5 Å². The van der Waals surface area contributed by atoms with Gasteiger partial charge in [-0.3, -0.25) is 0 Å². The monoisotopic (exact) mass is 300 g/mol. The number of rotatable bonds is 12. The largest absolute Gasteiger partial charge is 0.449 e. The summed E-state index contributed by atoms with van der Waals surface area (Å²) in [7, 11) is 0. The topological polar surface area (TPSA) is 67.4 Å². The molecule has 0 aromatic rings. The highest BCUT2D eigenvalue weighted by atomic mass is 16.5. The van der Waals surface area contributed by atoms with Crippen LogP contribution < -0.4 is 10.6 Å². The molecular formula is C16H32N2O3. The van der Waals surface area contributed by atoms with Crippen LogP contribution in [0.1, 0.15) is 78.1 Å². The van der Waals surface area contributed by atoms with Gasteiger partial charge in [0.15, 0.2) is 0 Å². The lowest BCUT2D eigenvalue weighted by Gasteiger charge is -2.07. The number of unbranched alkanes of at least 4 members (excludes halogenated alkanes) is 8. The zero-order valence-electron chi connectivity index (χ0n) is 13.7. The molecule has 0 saturated carbocycles. The number of carbonyl (C=O) groups is 2. The fourth-order valence-corrected chi connectivity index (χ4v) is 1.97. The van der Waals surface area contributed by atoms with Gasteiger partial charge < -0.3 is 10.1 Å². The summed E-state index contributed by atoms with van der Waals surface area (Å²) in [4.78, 5) is 22.7. The molecule has 5 heteroatoms. The van der Waals surface area contributed by atoms with Gasteiger partial charge in [-0.1, -0.05) is 65.2 Å². The van der Waals surface area contributed by atoms with E-state index in [2.05, 4.69) is 24.5 Å². The van der Waals surface area contributed by atoms with Crippen LogP contribution in [0.2, 0.25) is 0 Å². The van der Waals surface area contributed by atoms with Crippen molar-refractivity contribution in [1.29, 1.82) is 0 Å². The number of alkyl carbamates (subject to hydrolysis) is 1. The molecule has 0 radical (unpaired) electrons. The highest BCUT2D eigenvalue weighted by Crippen LogP contribution is 2.02. The van der Waals surface area contributed by atoms with Crippen molar-refractivity contribution in [3.8, 4) is 0 Å². The van der Waals surface area contributed by atoms with Gasteiger partial charge in [0.2, 0.25) is 0 Å². The van der Waals surface area contributed by atoms with Crippen LogP contribution in [0.5, 0.6) is 0 Å². The zero-order valence-corrected chi connectivity index (χ0v) is 13.7. The number of urea groups is 1. The average molecular weight is 300 g/mol.